The van der Waals surface area contributed by atoms with Crippen molar-refractivity contribution in [1.82, 2.24) is 0 Å². The second kappa shape index (κ2) is 7.85. The lowest BCUT2D eigenvalue weighted by molar-refractivity contribution is -0.160. The highest BCUT2D eigenvalue weighted by atomic mass is 16.5. The first-order valence-electron chi connectivity index (χ1n) is 10.7. The minimum absolute atomic E-state index is 0.155. The van der Waals surface area contributed by atoms with Crippen molar-refractivity contribution < 1.29 is 38.9 Å². The summed E-state index contributed by atoms with van der Waals surface area (Å²) < 4.78 is 9.76. The van der Waals surface area contributed by atoms with E-state index in [0.29, 0.717) is 38.5 Å². The van der Waals surface area contributed by atoms with Crippen molar-refractivity contribution in [2.24, 2.45) is 21.7 Å². The van der Waals surface area contributed by atoms with E-state index >= 15 is 0 Å². The number of rotatable bonds is 4. The normalized spacial score (nSPS) is 38.7. The summed E-state index contributed by atoms with van der Waals surface area (Å²) in [6, 6.07) is 0. The first-order chi connectivity index (χ1) is 14.1. The fourth-order valence-electron chi connectivity index (χ4n) is 6.55. The second-order valence-corrected chi connectivity index (χ2v) is 9.78. The van der Waals surface area contributed by atoms with Crippen LogP contribution in [0.4, 0.5) is 0 Å². The Labute approximate surface area is 176 Å². The van der Waals surface area contributed by atoms with Gasteiger partial charge in [-0.05, 0) is 64.2 Å². The third-order valence-electron chi connectivity index (χ3n) is 8.28. The number of fused-ring (bicyclic) bond motifs is 4. The molecule has 0 radical (unpaired) electrons. The molecule has 8 nitrogen and oxygen atoms in total. The van der Waals surface area contributed by atoms with Crippen LogP contribution >= 0.6 is 0 Å². The highest BCUT2D eigenvalue weighted by Gasteiger charge is 2.60. The van der Waals surface area contributed by atoms with Crippen molar-refractivity contribution in [3.63, 3.8) is 0 Å². The van der Waals surface area contributed by atoms with Gasteiger partial charge in [0.2, 0.25) is 0 Å². The summed E-state index contributed by atoms with van der Waals surface area (Å²) in [6.45, 7) is 0. The van der Waals surface area contributed by atoms with Crippen molar-refractivity contribution in [3.8, 4) is 0 Å². The molecule has 0 aliphatic heterocycles. The van der Waals surface area contributed by atoms with Gasteiger partial charge in [0.05, 0.1) is 35.9 Å². The second-order valence-electron chi connectivity index (χ2n) is 9.78. The number of esters is 2. The van der Waals surface area contributed by atoms with Crippen molar-refractivity contribution in [2.75, 3.05) is 14.2 Å². The fraction of sp³-hybridized carbons (Fsp3) is 0.818. The largest absolute Gasteiger partial charge is 0.481 e. The maximum Gasteiger partial charge on any atom is 0.311 e. The number of hydrogen-bond acceptors (Lipinski definition) is 6. The van der Waals surface area contributed by atoms with Crippen LogP contribution < -0.4 is 0 Å². The molecule has 4 fully saturated rings. The van der Waals surface area contributed by atoms with Gasteiger partial charge in [-0.15, -0.1) is 0 Å². The summed E-state index contributed by atoms with van der Waals surface area (Å²) in [4.78, 5) is 45.9. The molecule has 0 spiro atoms. The molecule has 0 heterocycles. The number of carbonyl (C=O) groups is 4. The van der Waals surface area contributed by atoms with Crippen molar-refractivity contribution in [3.05, 3.63) is 0 Å². The predicted molar refractivity (Wildman–Crippen MR) is 104 cm³/mol. The zero-order valence-electron chi connectivity index (χ0n) is 17.8. The maximum absolute atomic E-state index is 11.8. The number of methoxy groups -OCH3 is 2. The molecule has 4 unspecified atom stereocenters. The lowest BCUT2D eigenvalue weighted by Gasteiger charge is -2.35. The number of carbonyl (C=O) groups excluding carboxylic acids is 2. The van der Waals surface area contributed by atoms with Crippen LogP contribution in [0.2, 0.25) is 0 Å². The van der Waals surface area contributed by atoms with Crippen LogP contribution in [0, 0.1) is 21.7 Å². The maximum atomic E-state index is 11.8. The van der Waals surface area contributed by atoms with Crippen molar-refractivity contribution in [2.45, 2.75) is 77.0 Å². The third kappa shape index (κ3) is 3.48. The molecule has 4 aliphatic rings. The molecule has 0 amide bonds. The van der Waals surface area contributed by atoms with Gasteiger partial charge in [-0.25, -0.2) is 0 Å². The van der Waals surface area contributed by atoms with Crippen LogP contribution in [0.25, 0.3) is 0 Å². The minimum atomic E-state index is -0.805. The average molecular weight is 424 g/mol. The molecule has 4 aliphatic carbocycles. The molecule has 4 saturated carbocycles. The van der Waals surface area contributed by atoms with Crippen LogP contribution in [0.5, 0.6) is 0 Å². The summed E-state index contributed by atoms with van der Waals surface area (Å²) in [5, 5.41) is 18.2. The molecule has 4 rings (SSSR count). The van der Waals surface area contributed by atoms with E-state index in [9.17, 15) is 19.2 Å². The smallest absolute Gasteiger partial charge is 0.311 e. The minimum Gasteiger partial charge on any atom is -0.481 e. The zero-order valence-corrected chi connectivity index (χ0v) is 17.8. The number of ether oxygens (including phenoxy) is 2. The quantitative estimate of drug-likeness (QED) is 0.659. The highest BCUT2D eigenvalue weighted by molar-refractivity contribution is 5.83. The van der Waals surface area contributed by atoms with Gasteiger partial charge in [-0.3, -0.25) is 19.2 Å². The average Bonchev–Trinajstić information content (AvgIpc) is 3.19. The number of aliphatic carboxylic acids is 2. The molecule has 2 N–H and O–H groups in total. The van der Waals surface area contributed by atoms with Crippen LogP contribution in [0.15, 0.2) is 0 Å². The van der Waals surface area contributed by atoms with E-state index < -0.39 is 33.6 Å². The van der Waals surface area contributed by atoms with E-state index in [2.05, 4.69) is 0 Å². The van der Waals surface area contributed by atoms with E-state index in [1.807, 2.05) is 0 Å². The van der Waals surface area contributed by atoms with Crippen LogP contribution in [-0.4, -0.2) is 48.3 Å². The lowest BCUT2D eigenvalue weighted by Crippen LogP contribution is -2.39. The van der Waals surface area contributed by atoms with E-state index in [1.165, 1.54) is 14.2 Å². The van der Waals surface area contributed by atoms with Crippen LogP contribution in [0.3, 0.4) is 0 Å². The summed E-state index contributed by atoms with van der Waals surface area (Å²) in [6.07, 6.45) is 8.17. The summed E-state index contributed by atoms with van der Waals surface area (Å²) in [5.74, 6) is -1.92. The topological polar surface area (TPSA) is 127 Å². The molecule has 168 valence electrons. The van der Waals surface area contributed by atoms with Gasteiger partial charge in [0.15, 0.2) is 0 Å². The van der Waals surface area contributed by atoms with Crippen molar-refractivity contribution in [1.29, 1.82) is 0 Å². The molecule has 0 aromatic heterocycles. The first kappa shape index (κ1) is 22.6. The Balaban J connectivity index is 0.000000172. The first-order valence-corrected chi connectivity index (χ1v) is 10.7. The van der Waals surface area contributed by atoms with Gasteiger partial charge in [0.1, 0.15) is 0 Å². The molecule has 8 heteroatoms. The zero-order chi connectivity index (χ0) is 22.2. The van der Waals surface area contributed by atoms with Gasteiger partial charge >= 0.3 is 23.9 Å². The third-order valence-corrected chi connectivity index (χ3v) is 8.28. The van der Waals surface area contributed by atoms with E-state index in [4.69, 9.17) is 19.7 Å². The van der Waals surface area contributed by atoms with Gasteiger partial charge in [0, 0.05) is 0 Å². The molecule has 4 atom stereocenters. The Morgan fingerprint density at radius 3 is 1.20 bits per heavy atom. The molecule has 0 aromatic carbocycles. The highest BCUT2D eigenvalue weighted by Crippen LogP contribution is 2.60. The van der Waals surface area contributed by atoms with E-state index in [1.54, 1.807) is 0 Å². The Bertz CT molecular complexity index is 689. The van der Waals surface area contributed by atoms with E-state index in [-0.39, 0.29) is 11.9 Å². The number of carboxylic acid groups (broad SMARTS) is 2. The SMILES string of the molecule is COC(=O)C12CCCC(C(=O)OC)(CC1)C2.O=C(O)C12CCCC(C(=O)O)(CC1)C2. The Hall–Kier alpha value is -2.12. The van der Waals surface area contributed by atoms with Gasteiger partial charge < -0.3 is 19.7 Å². The molecule has 0 saturated heterocycles. The Morgan fingerprint density at radius 2 is 0.867 bits per heavy atom. The molecule has 4 bridgehead atoms. The van der Waals surface area contributed by atoms with Gasteiger partial charge in [-0.1, -0.05) is 12.8 Å². The van der Waals surface area contributed by atoms with Crippen LogP contribution in [0.1, 0.15) is 77.0 Å². The van der Waals surface area contributed by atoms with Gasteiger partial charge in [0.25, 0.3) is 0 Å². The van der Waals surface area contributed by atoms with Crippen LogP contribution in [-0.2, 0) is 28.7 Å². The molecular formula is C22H32O8. The Kier molecular flexibility index (Phi) is 5.91. The fourth-order valence-corrected chi connectivity index (χ4v) is 6.55. The summed E-state index contributed by atoms with van der Waals surface area (Å²) in [7, 11) is 2.84. The van der Waals surface area contributed by atoms with Crippen molar-refractivity contribution >= 4 is 23.9 Å². The molecular weight excluding hydrogens is 392 g/mol. The number of carboxylic acids is 2. The summed E-state index contributed by atoms with van der Waals surface area (Å²) >= 11 is 0. The lowest BCUT2D eigenvalue weighted by atomic mass is 9.69. The predicted octanol–water partition coefficient (Wildman–Crippen LogP) is 3.17. The number of hydrogen-bond donors (Lipinski definition) is 2. The van der Waals surface area contributed by atoms with E-state index in [0.717, 1.165) is 38.5 Å². The molecule has 0 aromatic rings. The Morgan fingerprint density at radius 1 is 0.567 bits per heavy atom. The standard InChI is InChI=1S/C12H18O4.C10H14O4/c1-15-9(13)11-4-3-5-12(8-11,7-6-11)10(14)16-2;11-7(12)9-2-1-3-10(6-9,5-4-9)8(13)14/h3-8H2,1-2H3;1-6H2,(H,11,12)(H,13,14). The monoisotopic (exact) mass is 424 g/mol. The molecule has 30 heavy (non-hydrogen) atoms. The van der Waals surface area contributed by atoms with Gasteiger partial charge in [-0.2, -0.15) is 0 Å². The summed E-state index contributed by atoms with van der Waals surface area (Å²) in [5.41, 5.74) is -2.28.